The summed E-state index contributed by atoms with van der Waals surface area (Å²) < 4.78 is 13.9. The van der Waals surface area contributed by atoms with E-state index in [1.165, 1.54) is 0 Å². The molecule has 0 aliphatic carbocycles. The zero-order chi connectivity index (χ0) is 11.9. The van der Waals surface area contributed by atoms with Crippen molar-refractivity contribution in [1.82, 2.24) is 0 Å². The molecule has 0 heterocycles. The van der Waals surface area contributed by atoms with E-state index in [-0.39, 0.29) is 31.5 Å². The molecule has 1 aromatic rings. The molecule has 0 aliphatic rings. The molecule has 0 radical (unpaired) electrons. The van der Waals surface area contributed by atoms with Crippen LogP contribution >= 0.6 is 0 Å². The molecule has 1 rings (SSSR count). The van der Waals surface area contributed by atoms with Gasteiger partial charge in [-0.05, 0) is 28.0 Å². The molecule has 100 valence electrons. The van der Waals surface area contributed by atoms with Crippen LogP contribution in [0.5, 0.6) is 0 Å². The van der Waals surface area contributed by atoms with Gasteiger partial charge in [-0.1, -0.05) is 68.5 Å². The van der Waals surface area contributed by atoms with Crippen LogP contribution in [0.4, 0.5) is 4.39 Å². The van der Waals surface area contributed by atoms with Crippen molar-refractivity contribution < 1.29 is 4.39 Å². The van der Waals surface area contributed by atoms with Gasteiger partial charge < -0.3 is 0 Å². The van der Waals surface area contributed by atoms with Crippen LogP contribution in [0.25, 0.3) is 0 Å². The first-order valence-corrected chi connectivity index (χ1v) is 5.43. The van der Waals surface area contributed by atoms with Crippen LogP contribution in [0.15, 0.2) is 18.2 Å². The summed E-state index contributed by atoms with van der Waals surface area (Å²) >= 11 is 0. The molecule has 0 atom stereocenters. The Kier molecular flexibility index (Phi) is 6.16. The summed E-state index contributed by atoms with van der Waals surface area (Å²) in [6.07, 6.45) is 0. The molecule has 1 aromatic carbocycles. The minimum atomic E-state index is -0.125. The Morgan fingerprint density at radius 3 is 1.59 bits per heavy atom. The fourth-order valence-electron chi connectivity index (χ4n) is 1.59. The highest BCUT2D eigenvalue weighted by Gasteiger charge is 2.21. The van der Waals surface area contributed by atoms with Crippen molar-refractivity contribution in [3.63, 3.8) is 0 Å². The average Bonchev–Trinajstić information content (AvgIpc) is 1.99. The van der Waals surface area contributed by atoms with Gasteiger partial charge in [0.1, 0.15) is 5.82 Å². The summed E-state index contributed by atoms with van der Waals surface area (Å²) in [5.74, 6) is -0.0880. The molecule has 0 N–H and O–H groups in total. The maximum absolute atomic E-state index is 13.9. The number of rotatable bonds is 0. The molecule has 17 heavy (non-hydrogen) atoms. The third kappa shape index (κ3) is 4.49. The third-order valence-corrected chi connectivity index (χ3v) is 2.64. The van der Waals surface area contributed by atoms with E-state index in [0.29, 0.717) is 0 Å². The summed E-state index contributed by atoms with van der Waals surface area (Å²) in [5, 5.41) is 0. The number of hydrogen-bond donors (Lipinski definition) is 0. The molecular weight excluding hydrogens is 211 g/mol. The lowest BCUT2D eigenvalue weighted by molar-refractivity contribution is 0.513. The van der Waals surface area contributed by atoms with Crippen molar-refractivity contribution in [2.75, 3.05) is 0 Å². The highest BCUT2D eigenvalue weighted by molar-refractivity contribution is 5.32. The molecular formula is C16H29F. The van der Waals surface area contributed by atoms with Crippen molar-refractivity contribution in [3.05, 3.63) is 35.1 Å². The standard InChI is InChI=1S/C14H21F.2CH4/c1-13(2,3)10-7-8-11(12(15)9-10)14(4,5)6;;/h7-9H,1-6H3;2*1H4. The third-order valence-electron chi connectivity index (χ3n) is 2.64. The van der Waals surface area contributed by atoms with Crippen molar-refractivity contribution >= 4 is 0 Å². The Bertz CT molecular complexity index is 351. The van der Waals surface area contributed by atoms with E-state index in [0.717, 1.165) is 11.1 Å². The molecule has 1 heteroatoms. The second-order valence-electron chi connectivity index (χ2n) is 6.19. The van der Waals surface area contributed by atoms with E-state index in [4.69, 9.17) is 0 Å². The monoisotopic (exact) mass is 240 g/mol. The van der Waals surface area contributed by atoms with Crippen molar-refractivity contribution in [2.24, 2.45) is 0 Å². The average molecular weight is 240 g/mol. The largest absolute Gasteiger partial charge is 0.207 e. The van der Waals surface area contributed by atoms with E-state index >= 15 is 0 Å². The van der Waals surface area contributed by atoms with Crippen LogP contribution < -0.4 is 0 Å². The van der Waals surface area contributed by atoms with E-state index in [1.54, 1.807) is 6.07 Å². The van der Waals surface area contributed by atoms with Gasteiger partial charge in [-0.15, -0.1) is 0 Å². The zero-order valence-corrected chi connectivity index (χ0v) is 10.6. The lowest BCUT2D eigenvalue weighted by Crippen LogP contribution is -2.16. The molecule has 0 unspecified atom stereocenters. The first-order valence-electron chi connectivity index (χ1n) is 5.43. The molecule has 0 fully saturated rings. The molecule has 0 aromatic heterocycles. The fraction of sp³-hybridized carbons (Fsp3) is 0.625. The van der Waals surface area contributed by atoms with Crippen LogP contribution in [0.2, 0.25) is 0 Å². The van der Waals surface area contributed by atoms with Gasteiger partial charge in [0.15, 0.2) is 0 Å². The molecule has 0 saturated carbocycles. The predicted octanol–water partition coefficient (Wildman–Crippen LogP) is 5.69. The zero-order valence-electron chi connectivity index (χ0n) is 10.6. The number of halogens is 1. The summed E-state index contributed by atoms with van der Waals surface area (Å²) in [4.78, 5) is 0. The molecule has 0 spiro atoms. The first-order chi connectivity index (χ1) is 6.62. The van der Waals surface area contributed by atoms with Crippen LogP contribution in [-0.2, 0) is 10.8 Å². The molecule has 0 saturated heterocycles. The Hall–Kier alpha value is -0.850. The molecule has 0 aliphatic heterocycles. The van der Waals surface area contributed by atoms with E-state index in [2.05, 4.69) is 20.8 Å². The second kappa shape index (κ2) is 5.66. The van der Waals surface area contributed by atoms with Crippen LogP contribution in [0.3, 0.4) is 0 Å². The van der Waals surface area contributed by atoms with Gasteiger partial charge in [0.2, 0.25) is 0 Å². The number of hydrogen-bond acceptors (Lipinski definition) is 0. The smallest absolute Gasteiger partial charge is 0.127 e. The predicted molar refractivity (Wildman–Crippen MR) is 77.3 cm³/mol. The minimum absolute atomic E-state index is 0. The fourth-order valence-corrected chi connectivity index (χ4v) is 1.59. The summed E-state index contributed by atoms with van der Waals surface area (Å²) in [7, 11) is 0. The van der Waals surface area contributed by atoms with E-state index in [9.17, 15) is 4.39 Å². The van der Waals surface area contributed by atoms with Gasteiger partial charge in [-0.25, -0.2) is 4.39 Å². The minimum Gasteiger partial charge on any atom is -0.207 e. The molecule has 0 amide bonds. The maximum atomic E-state index is 13.9. The lowest BCUT2D eigenvalue weighted by atomic mass is 9.82. The lowest BCUT2D eigenvalue weighted by Gasteiger charge is -2.24. The Labute approximate surface area is 107 Å². The SMILES string of the molecule is C.C.CC(C)(C)c1ccc(C(C)(C)C)c(F)c1. The van der Waals surface area contributed by atoms with Gasteiger partial charge in [-0.2, -0.15) is 0 Å². The van der Waals surface area contributed by atoms with Gasteiger partial charge in [0.25, 0.3) is 0 Å². The highest BCUT2D eigenvalue weighted by Crippen LogP contribution is 2.29. The number of benzene rings is 1. The van der Waals surface area contributed by atoms with Crippen molar-refractivity contribution in [3.8, 4) is 0 Å². The maximum Gasteiger partial charge on any atom is 0.127 e. The van der Waals surface area contributed by atoms with E-state index < -0.39 is 0 Å². The highest BCUT2D eigenvalue weighted by atomic mass is 19.1. The Morgan fingerprint density at radius 2 is 1.29 bits per heavy atom. The normalized spacial score (nSPS) is 11.5. The van der Waals surface area contributed by atoms with Gasteiger partial charge >= 0.3 is 0 Å². The second-order valence-corrected chi connectivity index (χ2v) is 6.19. The Morgan fingerprint density at radius 1 is 0.824 bits per heavy atom. The molecule has 0 nitrogen and oxygen atoms in total. The van der Waals surface area contributed by atoms with E-state index in [1.807, 2.05) is 32.9 Å². The van der Waals surface area contributed by atoms with Gasteiger partial charge in [-0.3, -0.25) is 0 Å². The first kappa shape index (κ1) is 18.5. The summed E-state index contributed by atoms with van der Waals surface area (Å²) in [6.45, 7) is 12.4. The van der Waals surface area contributed by atoms with Crippen LogP contribution in [-0.4, -0.2) is 0 Å². The summed E-state index contributed by atoms with van der Waals surface area (Å²) in [5.41, 5.74) is 1.72. The molecule has 0 bridgehead atoms. The van der Waals surface area contributed by atoms with Crippen LogP contribution in [0, 0.1) is 5.82 Å². The van der Waals surface area contributed by atoms with Gasteiger partial charge in [0.05, 0.1) is 0 Å². The quantitative estimate of drug-likeness (QED) is 0.546. The van der Waals surface area contributed by atoms with Crippen molar-refractivity contribution in [2.45, 2.75) is 67.2 Å². The van der Waals surface area contributed by atoms with Crippen LogP contribution in [0.1, 0.15) is 67.5 Å². The van der Waals surface area contributed by atoms with Gasteiger partial charge in [0, 0.05) is 0 Å². The summed E-state index contributed by atoms with van der Waals surface area (Å²) in [6, 6.07) is 5.61. The Balaban J connectivity index is 0. The topological polar surface area (TPSA) is 0 Å². The van der Waals surface area contributed by atoms with Crippen molar-refractivity contribution in [1.29, 1.82) is 0 Å².